The maximum absolute atomic E-state index is 12.0. The zero-order chi connectivity index (χ0) is 13.8. The van der Waals surface area contributed by atoms with Gasteiger partial charge in [-0.15, -0.1) is 11.8 Å². The fourth-order valence-electron chi connectivity index (χ4n) is 1.82. The zero-order valence-electron chi connectivity index (χ0n) is 11.3. The third kappa shape index (κ3) is 3.35. The Labute approximate surface area is 117 Å². The smallest absolute Gasteiger partial charge is 0.189 e. The summed E-state index contributed by atoms with van der Waals surface area (Å²) in [6.07, 6.45) is 7.22. The SMILES string of the molecule is CSc1ccc(C=CC(=O)c2cn(C)nc2C)cc1. The number of aromatic nitrogens is 2. The molecule has 3 nitrogen and oxygen atoms in total. The number of nitrogens with zero attached hydrogens (tertiary/aromatic N) is 2. The molecule has 1 heterocycles. The molecular weight excluding hydrogens is 256 g/mol. The normalized spacial score (nSPS) is 11.1. The van der Waals surface area contributed by atoms with Crippen molar-refractivity contribution in [3.05, 3.63) is 53.4 Å². The summed E-state index contributed by atoms with van der Waals surface area (Å²) >= 11 is 1.70. The lowest BCUT2D eigenvalue weighted by molar-refractivity contribution is 0.104. The lowest BCUT2D eigenvalue weighted by Gasteiger charge is -1.97. The average molecular weight is 272 g/mol. The number of aryl methyl sites for hydroxylation is 2. The summed E-state index contributed by atoms with van der Waals surface area (Å²) < 4.78 is 1.66. The Hall–Kier alpha value is -1.81. The molecule has 0 aliphatic carbocycles. The summed E-state index contributed by atoms with van der Waals surface area (Å²) in [7, 11) is 1.81. The van der Waals surface area contributed by atoms with E-state index >= 15 is 0 Å². The predicted molar refractivity (Wildman–Crippen MR) is 79.5 cm³/mol. The minimum atomic E-state index is -0.0143. The first kappa shape index (κ1) is 13.6. The summed E-state index contributed by atoms with van der Waals surface area (Å²) in [5.74, 6) is -0.0143. The van der Waals surface area contributed by atoms with Gasteiger partial charge in [0.2, 0.25) is 0 Å². The van der Waals surface area contributed by atoms with Crippen molar-refractivity contribution in [2.75, 3.05) is 6.26 Å². The molecule has 0 bridgehead atoms. The first-order chi connectivity index (χ1) is 9.10. The number of carbonyl (C=O) groups excluding carboxylic acids is 1. The van der Waals surface area contributed by atoms with E-state index in [1.165, 1.54) is 4.90 Å². The van der Waals surface area contributed by atoms with E-state index in [0.717, 1.165) is 11.3 Å². The molecule has 0 saturated heterocycles. The Kier molecular flexibility index (Phi) is 4.22. The number of allylic oxidation sites excluding steroid dienone is 1. The Bertz CT molecular complexity index is 612. The summed E-state index contributed by atoms with van der Waals surface area (Å²) in [6, 6.07) is 8.10. The number of hydrogen-bond donors (Lipinski definition) is 0. The van der Waals surface area contributed by atoms with Crippen LogP contribution < -0.4 is 0 Å². The quantitative estimate of drug-likeness (QED) is 0.486. The summed E-state index contributed by atoms with van der Waals surface area (Å²) in [5.41, 5.74) is 2.43. The van der Waals surface area contributed by atoms with Crippen molar-refractivity contribution in [1.82, 2.24) is 9.78 Å². The minimum Gasteiger partial charge on any atom is -0.289 e. The standard InChI is InChI=1S/C15H16N2OS/c1-11-14(10-17(2)16-11)15(18)9-6-12-4-7-13(19-3)8-5-12/h4-10H,1-3H3. The Balaban J connectivity index is 2.13. The molecule has 1 aromatic carbocycles. The number of hydrogen-bond acceptors (Lipinski definition) is 3. The molecule has 0 saturated carbocycles. The highest BCUT2D eigenvalue weighted by molar-refractivity contribution is 7.98. The second-order valence-corrected chi connectivity index (χ2v) is 5.15. The van der Waals surface area contributed by atoms with Gasteiger partial charge in [0.05, 0.1) is 11.3 Å². The van der Waals surface area contributed by atoms with Crippen LogP contribution in [0.5, 0.6) is 0 Å². The molecule has 0 amide bonds. The van der Waals surface area contributed by atoms with Gasteiger partial charge < -0.3 is 0 Å². The average Bonchev–Trinajstić information content (AvgIpc) is 2.75. The minimum absolute atomic E-state index is 0.0143. The Morgan fingerprint density at radius 2 is 2.00 bits per heavy atom. The molecule has 0 atom stereocenters. The van der Waals surface area contributed by atoms with Crippen LogP contribution in [0.4, 0.5) is 0 Å². The van der Waals surface area contributed by atoms with Crippen molar-refractivity contribution in [2.24, 2.45) is 7.05 Å². The van der Waals surface area contributed by atoms with Gasteiger partial charge in [0.1, 0.15) is 0 Å². The van der Waals surface area contributed by atoms with Gasteiger partial charge in [0, 0.05) is 18.1 Å². The highest BCUT2D eigenvalue weighted by Crippen LogP contribution is 2.16. The highest BCUT2D eigenvalue weighted by atomic mass is 32.2. The van der Waals surface area contributed by atoms with E-state index in [-0.39, 0.29) is 5.78 Å². The van der Waals surface area contributed by atoms with Crippen LogP contribution in [0.15, 0.2) is 41.4 Å². The first-order valence-corrected chi connectivity index (χ1v) is 7.19. The molecule has 0 N–H and O–H groups in total. The fraction of sp³-hybridized carbons (Fsp3) is 0.200. The number of thioether (sulfide) groups is 1. The van der Waals surface area contributed by atoms with Gasteiger partial charge in [0.25, 0.3) is 0 Å². The largest absolute Gasteiger partial charge is 0.289 e. The summed E-state index contributed by atoms with van der Waals surface area (Å²) in [6.45, 7) is 1.84. The monoisotopic (exact) mass is 272 g/mol. The van der Waals surface area contributed by atoms with E-state index in [1.54, 1.807) is 28.7 Å². The maximum atomic E-state index is 12.0. The second kappa shape index (κ2) is 5.89. The highest BCUT2D eigenvalue weighted by Gasteiger charge is 2.09. The lowest BCUT2D eigenvalue weighted by atomic mass is 10.1. The van der Waals surface area contributed by atoms with E-state index in [1.807, 2.05) is 50.6 Å². The molecular formula is C15H16N2OS. The van der Waals surface area contributed by atoms with Crippen LogP contribution in [0.1, 0.15) is 21.6 Å². The Morgan fingerprint density at radius 1 is 1.32 bits per heavy atom. The number of carbonyl (C=O) groups is 1. The van der Waals surface area contributed by atoms with Crippen molar-refractivity contribution in [2.45, 2.75) is 11.8 Å². The van der Waals surface area contributed by atoms with Crippen LogP contribution in [0.25, 0.3) is 6.08 Å². The van der Waals surface area contributed by atoms with Crippen LogP contribution in [0.3, 0.4) is 0 Å². The molecule has 0 aliphatic rings. The van der Waals surface area contributed by atoms with Gasteiger partial charge in [-0.3, -0.25) is 9.48 Å². The molecule has 2 rings (SSSR count). The fourth-order valence-corrected chi connectivity index (χ4v) is 2.23. The number of rotatable bonds is 4. The molecule has 0 unspecified atom stereocenters. The van der Waals surface area contributed by atoms with Crippen molar-refractivity contribution in [3.8, 4) is 0 Å². The molecule has 0 aliphatic heterocycles. The predicted octanol–water partition coefficient (Wildman–Crippen LogP) is 3.35. The van der Waals surface area contributed by atoms with Crippen LogP contribution in [0.2, 0.25) is 0 Å². The van der Waals surface area contributed by atoms with E-state index in [4.69, 9.17) is 0 Å². The molecule has 19 heavy (non-hydrogen) atoms. The number of benzene rings is 1. The van der Waals surface area contributed by atoms with Crippen molar-refractivity contribution in [1.29, 1.82) is 0 Å². The van der Waals surface area contributed by atoms with Crippen LogP contribution in [-0.2, 0) is 7.05 Å². The van der Waals surface area contributed by atoms with Crippen molar-refractivity contribution in [3.63, 3.8) is 0 Å². The number of ketones is 1. The maximum Gasteiger partial charge on any atom is 0.189 e. The van der Waals surface area contributed by atoms with Crippen molar-refractivity contribution < 1.29 is 4.79 Å². The van der Waals surface area contributed by atoms with Gasteiger partial charge in [0.15, 0.2) is 5.78 Å². The van der Waals surface area contributed by atoms with E-state index in [9.17, 15) is 4.79 Å². The van der Waals surface area contributed by atoms with E-state index < -0.39 is 0 Å². The molecule has 4 heteroatoms. The second-order valence-electron chi connectivity index (χ2n) is 4.27. The molecule has 0 fully saturated rings. The molecule has 98 valence electrons. The van der Waals surface area contributed by atoms with Gasteiger partial charge in [-0.1, -0.05) is 18.2 Å². The zero-order valence-corrected chi connectivity index (χ0v) is 12.1. The van der Waals surface area contributed by atoms with Crippen LogP contribution in [0, 0.1) is 6.92 Å². The third-order valence-electron chi connectivity index (χ3n) is 2.82. The van der Waals surface area contributed by atoms with E-state index in [2.05, 4.69) is 5.10 Å². The van der Waals surface area contributed by atoms with Gasteiger partial charge >= 0.3 is 0 Å². The van der Waals surface area contributed by atoms with Gasteiger partial charge in [-0.05, 0) is 37.0 Å². The van der Waals surface area contributed by atoms with Gasteiger partial charge in [-0.2, -0.15) is 5.10 Å². The lowest BCUT2D eigenvalue weighted by Crippen LogP contribution is -1.94. The van der Waals surface area contributed by atoms with Crippen LogP contribution >= 0.6 is 11.8 Å². The first-order valence-electron chi connectivity index (χ1n) is 5.97. The molecule has 0 spiro atoms. The van der Waals surface area contributed by atoms with Crippen molar-refractivity contribution >= 4 is 23.6 Å². The summed E-state index contributed by atoms with van der Waals surface area (Å²) in [4.78, 5) is 13.2. The molecule has 1 aromatic heterocycles. The van der Waals surface area contributed by atoms with Crippen LogP contribution in [-0.4, -0.2) is 21.8 Å². The topological polar surface area (TPSA) is 34.9 Å². The Morgan fingerprint density at radius 3 is 2.53 bits per heavy atom. The third-order valence-corrected chi connectivity index (χ3v) is 3.57. The molecule has 0 radical (unpaired) electrons. The van der Waals surface area contributed by atoms with E-state index in [0.29, 0.717) is 5.56 Å². The molecule has 2 aromatic rings. The summed E-state index contributed by atoms with van der Waals surface area (Å²) in [5, 5.41) is 4.17. The van der Waals surface area contributed by atoms with Gasteiger partial charge in [-0.25, -0.2) is 0 Å².